The van der Waals surface area contributed by atoms with E-state index < -0.39 is 11.9 Å². The van der Waals surface area contributed by atoms with Gasteiger partial charge in [-0.3, -0.25) is 14.4 Å². The Balaban J connectivity index is 1.65. The highest BCUT2D eigenvalue weighted by Crippen LogP contribution is 2.17. The van der Waals surface area contributed by atoms with Crippen molar-refractivity contribution in [1.29, 1.82) is 0 Å². The smallest absolute Gasteiger partial charge is 0.306 e. The SMILES string of the molecule is CCOc1ccc(NC(=O)CCCC(=O)OCC(=O)Nc2cc(C)ccc2C)cc1. The Labute approximate surface area is 176 Å². The first-order valence-electron chi connectivity index (χ1n) is 9.93. The van der Waals surface area contributed by atoms with Gasteiger partial charge in [0.25, 0.3) is 5.91 Å². The van der Waals surface area contributed by atoms with Gasteiger partial charge in [-0.05, 0) is 68.7 Å². The first kappa shape index (κ1) is 22.9. The third kappa shape index (κ3) is 7.95. The lowest BCUT2D eigenvalue weighted by Crippen LogP contribution is -2.21. The molecule has 0 bridgehead atoms. The van der Waals surface area contributed by atoms with Gasteiger partial charge in [-0.2, -0.15) is 0 Å². The highest BCUT2D eigenvalue weighted by Gasteiger charge is 2.11. The number of hydrogen-bond acceptors (Lipinski definition) is 5. The third-order valence-corrected chi connectivity index (χ3v) is 4.27. The number of aryl methyl sites for hydroxylation is 2. The van der Waals surface area contributed by atoms with Crippen molar-refractivity contribution in [3.05, 3.63) is 53.6 Å². The third-order valence-electron chi connectivity index (χ3n) is 4.27. The average Bonchev–Trinajstić information content (AvgIpc) is 2.71. The highest BCUT2D eigenvalue weighted by atomic mass is 16.5. The van der Waals surface area contributed by atoms with E-state index in [0.29, 0.717) is 24.4 Å². The van der Waals surface area contributed by atoms with E-state index >= 15 is 0 Å². The zero-order valence-electron chi connectivity index (χ0n) is 17.6. The molecule has 0 saturated heterocycles. The van der Waals surface area contributed by atoms with Crippen LogP contribution in [-0.2, 0) is 19.1 Å². The van der Waals surface area contributed by atoms with Crippen LogP contribution < -0.4 is 15.4 Å². The van der Waals surface area contributed by atoms with E-state index in [1.807, 2.05) is 39.0 Å². The van der Waals surface area contributed by atoms with E-state index in [1.165, 1.54) is 0 Å². The summed E-state index contributed by atoms with van der Waals surface area (Å²) < 4.78 is 10.3. The lowest BCUT2D eigenvalue weighted by atomic mass is 10.1. The van der Waals surface area contributed by atoms with Crippen LogP contribution in [0, 0.1) is 13.8 Å². The zero-order chi connectivity index (χ0) is 21.9. The van der Waals surface area contributed by atoms with Crippen molar-refractivity contribution in [2.75, 3.05) is 23.8 Å². The number of carbonyl (C=O) groups excluding carboxylic acids is 3. The molecule has 0 aliphatic heterocycles. The van der Waals surface area contributed by atoms with Gasteiger partial charge >= 0.3 is 5.97 Å². The van der Waals surface area contributed by atoms with Gasteiger partial charge in [-0.15, -0.1) is 0 Å². The van der Waals surface area contributed by atoms with Crippen LogP contribution in [-0.4, -0.2) is 31.0 Å². The quantitative estimate of drug-likeness (QED) is 0.576. The van der Waals surface area contributed by atoms with Crippen LogP contribution >= 0.6 is 0 Å². The van der Waals surface area contributed by atoms with Gasteiger partial charge in [-0.1, -0.05) is 12.1 Å². The van der Waals surface area contributed by atoms with E-state index in [-0.39, 0.29) is 25.4 Å². The molecule has 7 nitrogen and oxygen atoms in total. The van der Waals surface area contributed by atoms with Gasteiger partial charge < -0.3 is 20.1 Å². The molecule has 0 fully saturated rings. The molecule has 0 unspecified atom stereocenters. The molecule has 2 amide bonds. The lowest BCUT2D eigenvalue weighted by molar-refractivity contribution is -0.147. The lowest BCUT2D eigenvalue weighted by Gasteiger charge is -2.10. The minimum Gasteiger partial charge on any atom is -0.494 e. The first-order chi connectivity index (χ1) is 14.4. The van der Waals surface area contributed by atoms with Gasteiger partial charge in [0.1, 0.15) is 5.75 Å². The highest BCUT2D eigenvalue weighted by molar-refractivity contribution is 5.93. The summed E-state index contributed by atoms with van der Waals surface area (Å²) in [4.78, 5) is 35.8. The number of amides is 2. The predicted molar refractivity (Wildman–Crippen MR) is 116 cm³/mol. The van der Waals surface area contributed by atoms with Crippen molar-refractivity contribution in [3.63, 3.8) is 0 Å². The second-order valence-electron chi connectivity index (χ2n) is 6.89. The number of hydrogen-bond donors (Lipinski definition) is 2. The molecule has 160 valence electrons. The molecule has 0 radical (unpaired) electrons. The van der Waals surface area contributed by atoms with Crippen LogP contribution in [0.25, 0.3) is 0 Å². The first-order valence-corrected chi connectivity index (χ1v) is 9.93. The maximum Gasteiger partial charge on any atom is 0.306 e. The normalized spacial score (nSPS) is 10.2. The van der Waals surface area contributed by atoms with E-state index in [0.717, 1.165) is 16.9 Å². The van der Waals surface area contributed by atoms with Crippen LogP contribution in [0.15, 0.2) is 42.5 Å². The topological polar surface area (TPSA) is 93.7 Å². The number of rotatable bonds is 10. The molecule has 0 aliphatic carbocycles. The molecule has 0 aliphatic rings. The van der Waals surface area contributed by atoms with Crippen molar-refractivity contribution in [1.82, 2.24) is 0 Å². The maximum absolute atomic E-state index is 12.0. The fraction of sp³-hybridized carbons (Fsp3) is 0.348. The minimum atomic E-state index is -0.514. The van der Waals surface area contributed by atoms with E-state index in [4.69, 9.17) is 9.47 Å². The Morgan fingerprint density at radius 1 is 0.900 bits per heavy atom. The van der Waals surface area contributed by atoms with Crippen LogP contribution in [0.1, 0.15) is 37.3 Å². The monoisotopic (exact) mass is 412 g/mol. The fourth-order valence-electron chi connectivity index (χ4n) is 2.69. The van der Waals surface area contributed by atoms with Gasteiger partial charge in [0, 0.05) is 24.2 Å². The Bertz CT molecular complexity index is 878. The summed E-state index contributed by atoms with van der Waals surface area (Å²) in [7, 11) is 0. The summed E-state index contributed by atoms with van der Waals surface area (Å²) in [5.41, 5.74) is 3.31. The number of esters is 1. The number of anilines is 2. The second-order valence-corrected chi connectivity index (χ2v) is 6.89. The van der Waals surface area contributed by atoms with E-state index in [9.17, 15) is 14.4 Å². The van der Waals surface area contributed by atoms with Crippen LogP contribution in [0.4, 0.5) is 11.4 Å². The van der Waals surface area contributed by atoms with Crippen LogP contribution in [0.2, 0.25) is 0 Å². The molecule has 2 N–H and O–H groups in total. The fourth-order valence-corrected chi connectivity index (χ4v) is 2.69. The van der Waals surface area contributed by atoms with Crippen molar-refractivity contribution in [2.45, 2.75) is 40.0 Å². The summed E-state index contributed by atoms with van der Waals surface area (Å²) in [5, 5.41) is 5.49. The van der Waals surface area contributed by atoms with Crippen molar-refractivity contribution in [2.24, 2.45) is 0 Å². The molecule has 30 heavy (non-hydrogen) atoms. The molecule has 0 spiro atoms. The summed E-state index contributed by atoms with van der Waals surface area (Å²) >= 11 is 0. The molecule has 0 atom stereocenters. The minimum absolute atomic E-state index is 0.0629. The second kappa shape index (κ2) is 11.6. The molecule has 2 aromatic rings. The Morgan fingerprint density at radius 2 is 1.63 bits per heavy atom. The Hall–Kier alpha value is -3.35. The maximum atomic E-state index is 12.0. The van der Waals surface area contributed by atoms with Gasteiger partial charge in [0.15, 0.2) is 6.61 Å². The number of ether oxygens (including phenoxy) is 2. The number of benzene rings is 2. The summed E-state index contributed by atoms with van der Waals surface area (Å²) in [6.07, 6.45) is 0.574. The zero-order valence-corrected chi connectivity index (χ0v) is 17.6. The molecule has 7 heteroatoms. The molecular formula is C23H28N2O5. The van der Waals surface area contributed by atoms with Gasteiger partial charge in [0.2, 0.25) is 5.91 Å². The van der Waals surface area contributed by atoms with Crippen molar-refractivity contribution in [3.8, 4) is 5.75 Å². The van der Waals surface area contributed by atoms with Gasteiger partial charge in [-0.25, -0.2) is 0 Å². The predicted octanol–water partition coefficient (Wildman–Crippen LogP) is 3.99. The van der Waals surface area contributed by atoms with Crippen LogP contribution in [0.5, 0.6) is 5.75 Å². The molecule has 0 aromatic heterocycles. The molecular weight excluding hydrogens is 384 g/mol. The van der Waals surface area contributed by atoms with Gasteiger partial charge in [0.05, 0.1) is 6.61 Å². The summed E-state index contributed by atoms with van der Waals surface area (Å²) in [6, 6.07) is 12.8. The largest absolute Gasteiger partial charge is 0.494 e. The molecule has 2 rings (SSSR count). The number of nitrogens with one attached hydrogen (secondary N) is 2. The molecule has 0 heterocycles. The molecule has 2 aromatic carbocycles. The Kier molecular flexibility index (Phi) is 8.87. The molecule has 0 saturated carbocycles. The van der Waals surface area contributed by atoms with E-state index in [1.54, 1.807) is 24.3 Å². The van der Waals surface area contributed by atoms with Crippen molar-refractivity contribution >= 4 is 29.2 Å². The van der Waals surface area contributed by atoms with E-state index in [2.05, 4.69) is 10.6 Å². The number of carbonyl (C=O) groups is 3. The standard InChI is InChI=1S/C23H28N2O5/c1-4-29-19-12-10-18(11-13-19)24-21(26)6-5-7-23(28)30-15-22(27)25-20-14-16(2)8-9-17(20)3/h8-14H,4-7,15H2,1-3H3,(H,24,26)(H,25,27). The Morgan fingerprint density at radius 3 is 2.33 bits per heavy atom. The summed E-state index contributed by atoms with van der Waals surface area (Å²) in [6.45, 7) is 5.94. The average molecular weight is 412 g/mol. The van der Waals surface area contributed by atoms with Crippen molar-refractivity contribution < 1.29 is 23.9 Å². The summed E-state index contributed by atoms with van der Waals surface area (Å²) in [5.74, 6) is -0.371. The van der Waals surface area contributed by atoms with Crippen LogP contribution in [0.3, 0.4) is 0 Å².